The van der Waals surface area contributed by atoms with Gasteiger partial charge in [-0.2, -0.15) is 0 Å². The van der Waals surface area contributed by atoms with E-state index >= 15 is 0 Å². The van der Waals surface area contributed by atoms with Gasteiger partial charge in [0, 0.05) is 54.3 Å². The summed E-state index contributed by atoms with van der Waals surface area (Å²) in [7, 11) is 0. The third kappa shape index (κ3) is 6.26. The molecule has 3 heterocycles. The van der Waals surface area contributed by atoms with Crippen LogP contribution in [0.3, 0.4) is 0 Å². The van der Waals surface area contributed by atoms with Gasteiger partial charge in [0.05, 0.1) is 0 Å². The number of hydrogen-bond donors (Lipinski definition) is 0. The van der Waals surface area contributed by atoms with Gasteiger partial charge in [-0.25, -0.2) is 0 Å². The molecule has 0 saturated heterocycles. The average molecular weight is 839 g/mol. The van der Waals surface area contributed by atoms with E-state index in [2.05, 4.69) is 219 Å². The second-order valence-corrected chi connectivity index (χ2v) is 23.2. The minimum absolute atomic E-state index is 0.00360. The summed E-state index contributed by atoms with van der Waals surface area (Å²) in [5, 5.41) is 2.67. The lowest BCUT2D eigenvalue weighted by Gasteiger charge is -2.46. The third-order valence-electron chi connectivity index (χ3n) is 14.9. The number of aryl methyl sites for hydroxylation is 1. The van der Waals surface area contributed by atoms with Crippen molar-refractivity contribution >= 4 is 88.7 Å². The minimum Gasteiger partial charge on any atom is -0.311 e. The summed E-state index contributed by atoms with van der Waals surface area (Å²) in [6.07, 6.45) is 2.39. The van der Waals surface area contributed by atoms with Crippen LogP contribution >= 0.6 is 11.3 Å². The number of hydrogen-bond acceptors (Lipinski definition) is 3. The molecule has 0 fully saturated rings. The molecule has 63 heavy (non-hydrogen) atoms. The Kier molecular flexibility index (Phi) is 8.75. The topological polar surface area (TPSA) is 6.48 Å². The largest absolute Gasteiger partial charge is 0.311 e. The lowest BCUT2D eigenvalue weighted by molar-refractivity contribution is 0.332. The quantitative estimate of drug-likeness (QED) is 0.164. The summed E-state index contributed by atoms with van der Waals surface area (Å²) in [6, 6.07) is 52.1. The van der Waals surface area contributed by atoms with Crippen LogP contribution in [0.2, 0.25) is 0 Å². The zero-order valence-electron chi connectivity index (χ0n) is 39.0. The van der Waals surface area contributed by atoms with Crippen LogP contribution in [0.15, 0.2) is 133 Å². The average Bonchev–Trinajstić information content (AvgIpc) is 3.63. The van der Waals surface area contributed by atoms with Gasteiger partial charge in [0.25, 0.3) is 6.71 Å². The van der Waals surface area contributed by atoms with Crippen molar-refractivity contribution in [1.29, 1.82) is 0 Å². The molecule has 0 spiro atoms. The Morgan fingerprint density at radius 3 is 1.70 bits per heavy atom. The molecule has 11 rings (SSSR count). The summed E-state index contributed by atoms with van der Waals surface area (Å²) in [4.78, 5) is 5.19. The van der Waals surface area contributed by atoms with Crippen molar-refractivity contribution in [2.24, 2.45) is 0 Å². The van der Waals surface area contributed by atoms with Crippen molar-refractivity contribution in [3.05, 3.63) is 161 Å². The highest BCUT2D eigenvalue weighted by Crippen LogP contribution is 2.50. The lowest BCUT2D eigenvalue weighted by Crippen LogP contribution is -2.61. The van der Waals surface area contributed by atoms with Crippen LogP contribution in [0.5, 0.6) is 0 Å². The fourth-order valence-corrected chi connectivity index (χ4v) is 12.4. The van der Waals surface area contributed by atoms with E-state index in [1.165, 1.54) is 122 Å². The van der Waals surface area contributed by atoms with Gasteiger partial charge in [0.2, 0.25) is 0 Å². The molecular weight excluding hydrogens is 780 g/mol. The number of anilines is 6. The Morgan fingerprint density at radius 2 is 1.08 bits per heavy atom. The number of thiophene rings is 1. The molecule has 4 heteroatoms. The Hall–Kier alpha value is -5.58. The Bertz CT molecular complexity index is 3170. The Balaban J connectivity index is 1.15. The van der Waals surface area contributed by atoms with Crippen LogP contribution in [0, 0.1) is 6.92 Å². The molecule has 0 saturated carbocycles. The van der Waals surface area contributed by atoms with Crippen molar-refractivity contribution in [3.8, 4) is 11.1 Å². The summed E-state index contributed by atoms with van der Waals surface area (Å²) >= 11 is 1.90. The van der Waals surface area contributed by atoms with Gasteiger partial charge in [0.1, 0.15) is 0 Å². The molecule has 0 N–H and O–H groups in total. The first kappa shape index (κ1) is 40.2. The predicted molar refractivity (Wildman–Crippen MR) is 276 cm³/mol. The van der Waals surface area contributed by atoms with Crippen molar-refractivity contribution in [1.82, 2.24) is 0 Å². The monoisotopic (exact) mass is 838 g/mol. The highest BCUT2D eigenvalue weighted by atomic mass is 32.1. The molecule has 314 valence electrons. The lowest BCUT2D eigenvalue weighted by atomic mass is 9.33. The molecule has 2 aliphatic heterocycles. The van der Waals surface area contributed by atoms with Crippen molar-refractivity contribution in [3.63, 3.8) is 0 Å². The highest BCUT2D eigenvalue weighted by molar-refractivity contribution is 7.26. The molecule has 0 atom stereocenters. The third-order valence-corrected chi connectivity index (χ3v) is 16.1. The maximum absolute atomic E-state index is 2.62. The standard InChI is InChI=1S/C59H59BN2S/c1-36-31-51-54-52(32-36)62(41-25-26-45-46(35-41)59(10,11)30-29-58(45,8)9)50-28-22-39(57(5,6)7)34-48(50)60(54)47-33-38(56(2,3)4)21-27-49(47)61(51)40-23-19-37(20-24-40)42-16-14-17-44-43-15-12-13-18-53(43)63-55(42)44/h12-28,31-35H,29-30H2,1-11H3. The molecule has 0 unspecified atom stereocenters. The predicted octanol–water partition coefficient (Wildman–Crippen LogP) is 15.1. The van der Waals surface area contributed by atoms with Crippen molar-refractivity contribution in [2.45, 2.75) is 111 Å². The van der Waals surface area contributed by atoms with Gasteiger partial charge in [-0.1, -0.05) is 148 Å². The van der Waals surface area contributed by atoms with E-state index in [1.807, 2.05) is 11.3 Å². The van der Waals surface area contributed by atoms with Crippen LogP contribution in [-0.2, 0) is 21.7 Å². The van der Waals surface area contributed by atoms with Crippen LogP contribution in [0.4, 0.5) is 34.1 Å². The zero-order chi connectivity index (χ0) is 44.0. The molecule has 1 aliphatic carbocycles. The van der Waals surface area contributed by atoms with Gasteiger partial charge in [-0.15, -0.1) is 11.3 Å². The maximum atomic E-state index is 2.62. The van der Waals surface area contributed by atoms with Crippen LogP contribution in [0.1, 0.15) is 110 Å². The summed E-state index contributed by atoms with van der Waals surface area (Å²) < 4.78 is 2.69. The Morgan fingerprint density at radius 1 is 0.524 bits per heavy atom. The number of rotatable bonds is 3. The maximum Gasteiger partial charge on any atom is 0.252 e. The molecule has 7 aromatic carbocycles. The summed E-state index contributed by atoms with van der Waals surface area (Å²) in [5.41, 5.74) is 21.4. The summed E-state index contributed by atoms with van der Waals surface area (Å²) in [5.74, 6) is 0. The zero-order valence-corrected chi connectivity index (χ0v) is 39.8. The van der Waals surface area contributed by atoms with E-state index in [0.29, 0.717) is 0 Å². The first-order valence-electron chi connectivity index (χ1n) is 23.1. The number of benzene rings is 7. The molecule has 3 aliphatic rings. The van der Waals surface area contributed by atoms with E-state index in [4.69, 9.17) is 0 Å². The Labute approximate surface area is 379 Å². The highest BCUT2D eigenvalue weighted by Gasteiger charge is 2.45. The fourth-order valence-electron chi connectivity index (χ4n) is 11.1. The van der Waals surface area contributed by atoms with E-state index < -0.39 is 0 Å². The number of fused-ring (bicyclic) bond motifs is 8. The first-order valence-corrected chi connectivity index (χ1v) is 23.9. The van der Waals surface area contributed by atoms with Crippen LogP contribution in [0.25, 0.3) is 31.3 Å². The molecule has 0 radical (unpaired) electrons. The van der Waals surface area contributed by atoms with Gasteiger partial charge >= 0.3 is 0 Å². The van der Waals surface area contributed by atoms with E-state index in [9.17, 15) is 0 Å². The van der Waals surface area contributed by atoms with Gasteiger partial charge < -0.3 is 9.80 Å². The smallest absolute Gasteiger partial charge is 0.252 e. The van der Waals surface area contributed by atoms with E-state index in [1.54, 1.807) is 0 Å². The summed E-state index contributed by atoms with van der Waals surface area (Å²) in [6.45, 7) is 26.2. The van der Waals surface area contributed by atoms with Gasteiger partial charge in [0.15, 0.2) is 0 Å². The van der Waals surface area contributed by atoms with E-state index in [0.717, 1.165) is 0 Å². The van der Waals surface area contributed by atoms with Gasteiger partial charge in [-0.3, -0.25) is 0 Å². The molecular formula is C59H59BN2S. The molecule has 8 aromatic rings. The van der Waals surface area contributed by atoms with Crippen LogP contribution < -0.4 is 26.2 Å². The normalized spacial score (nSPS) is 16.2. The molecule has 0 bridgehead atoms. The fraction of sp³-hybridized carbons (Fsp3) is 0.288. The van der Waals surface area contributed by atoms with Crippen molar-refractivity contribution < 1.29 is 0 Å². The number of nitrogens with zero attached hydrogens (tertiary/aromatic N) is 2. The second-order valence-electron chi connectivity index (χ2n) is 22.2. The van der Waals surface area contributed by atoms with Crippen molar-refractivity contribution in [2.75, 3.05) is 9.80 Å². The van der Waals surface area contributed by atoms with Gasteiger partial charge in [-0.05, 0) is 151 Å². The minimum atomic E-state index is -0.00793. The molecule has 2 nitrogen and oxygen atoms in total. The first-order chi connectivity index (χ1) is 29.9. The molecule has 0 amide bonds. The van der Waals surface area contributed by atoms with E-state index in [-0.39, 0.29) is 28.4 Å². The SMILES string of the molecule is Cc1cc2c3c(c1)N(c1ccc4c(c1)C(C)(C)CCC4(C)C)c1ccc(C(C)(C)C)cc1B3c1cc(C(C)(C)C)ccc1N2c1ccc(-c2cccc3c2sc2ccccc23)cc1. The molecule has 1 aromatic heterocycles. The second kappa shape index (κ2) is 13.7. The van der Waals surface area contributed by atoms with Crippen LogP contribution in [-0.4, -0.2) is 6.71 Å².